The molecule has 0 fully saturated rings. The fourth-order valence-electron chi connectivity index (χ4n) is 1.28. The standard InChI is InChI=1S/C10H10ClN3O2S/c1-7-6-10(13-12-7)14-17(15,16)9-4-2-8(11)3-5-9/h2-6H,1H3,(H2,12,13,14). The van der Waals surface area contributed by atoms with Gasteiger partial charge in [0.2, 0.25) is 0 Å². The number of benzene rings is 1. The molecule has 1 aromatic heterocycles. The molecule has 0 aliphatic heterocycles. The molecular weight excluding hydrogens is 262 g/mol. The number of hydrogen-bond acceptors (Lipinski definition) is 3. The maximum Gasteiger partial charge on any atom is 0.263 e. The van der Waals surface area contributed by atoms with Gasteiger partial charge in [-0.05, 0) is 31.2 Å². The number of halogens is 1. The Morgan fingerprint density at radius 3 is 2.47 bits per heavy atom. The van der Waals surface area contributed by atoms with Gasteiger partial charge in [0.15, 0.2) is 5.82 Å². The highest BCUT2D eigenvalue weighted by Crippen LogP contribution is 2.17. The molecule has 0 aliphatic rings. The molecule has 2 rings (SSSR count). The van der Waals surface area contributed by atoms with Crippen LogP contribution in [0.4, 0.5) is 5.82 Å². The molecule has 0 spiro atoms. The summed E-state index contributed by atoms with van der Waals surface area (Å²) in [6, 6.07) is 7.51. The average Bonchev–Trinajstić information content (AvgIpc) is 2.63. The van der Waals surface area contributed by atoms with Crippen LogP contribution in [0.1, 0.15) is 5.69 Å². The molecule has 0 saturated carbocycles. The molecule has 2 aromatic rings. The normalized spacial score (nSPS) is 11.4. The van der Waals surface area contributed by atoms with Crippen LogP contribution in [-0.2, 0) is 10.0 Å². The molecule has 7 heteroatoms. The van der Waals surface area contributed by atoms with Gasteiger partial charge in [-0.3, -0.25) is 9.82 Å². The second-order valence-electron chi connectivity index (χ2n) is 3.50. The number of aromatic nitrogens is 2. The number of aromatic amines is 1. The number of aryl methyl sites for hydroxylation is 1. The Morgan fingerprint density at radius 1 is 1.29 bits per heavy atom. The first kappa shape index (κ1) is 11.9. The zero-order chi connectivity index (χ0) is 12.5. The molecule has 5 nitrogen and oxygen atoms in total. The van der Waals surface area contributed by atoms with Crippen molar-refractivity contribution in [2.75, 3.05) is 4.72 Å². The zero-order valence-corrected chi connectivity index (χ0v) is 10.5. The molecule has 1 heterocycles. The maximum absolute atomic E-state index is 11.9. The summed E-state index contributed by atoms with van der Waals surface area (Å²) in [5.41, 5.74) is 0.777. The van der Waals surface area contributed by atoms with Crippen LogP contribution in [0.15, 0.2) is 35.2 Å². The molecular formula is C10H10ClN3O2S. The molecule has 0 radical (unpaired) electrons. The lowest BCUT2D eigenvalue weighted by atomic mass is 10.4. The summed E-state index contributed by atoms with van der Waals surface area (Å²) in [6.07, 6.45) is 0. The van der Waals surface area contributed by atoms with E-state index in [9.17, 15) is 8.42 Å². The van der Waals surface area contributed by atoms with Crippen LogP contribution in [0.3, 0.4) is 0 Å². The number of hydrogen-bond donors (Lipinski definition) is 2. The third-order valence-electron chi connectivity index (χ3n) is 2.07. The van der Waals surface area contributed by atoms with Crippen LogP contribution in [0.2, 0.25) is 5.02 Å². The van der Waals surface area contributed by atoms with E-state index >= 15 is 0 Å². The SMILES string of the molecule is Cc1cc(NS(=O)(=O)c2ccc(Cl)cc2)n[nH]1. The maximum atomic E-state index is 11.9. The minimum absolute atomic E-state index is 0.141. The van der Waals surface area contributed by atoms with Crippen molar-refractivity contribution in [3.63, 3.8) is 0 Å². The van der Waals surface area contributed by atoms with Crippen molar-refractivity contribution in [1.82, 2.24) is 10.2 Å². The van der Waals surface area contributed by atoms with E-state index in [0.29, 0.717) is 5.02 Å². The van der Waals surface area contributed by atoms with E-state index in [4.69, 9.17) is 11.6 Å². The minimum Gasteiger partial charge on any atom is -0.281 e. The summed E-state index contributed by atoms with van der Waals surface area (Å²) in [6.45, 7) is 1.78. The summed E-state index contributed by atoms with van der Waals surface area (Å²) in [7, 11) is -3.61. The van der Waals surface area contributed by atoms with Gasteiger partial charge in [0.05, 0.1) is 4.90 Å². The average molecular weight is 272 g/mol. The Hall–Kier alpha value is -1.53. The number of sulfonamides is 1. The molecule has 0 aliphatic carbocycles. The fourth-order valence-corrected chi connectivity index (χ4v) is 2.40. The van der Waals surface area contributed by atoms with E-state index in [1.54, 1.807) is 13.0 Å². The van der Waals surface area contributed by atoms with E-state index in [2.05, 4.69) is 14.9 Å². The highest BCUT2D eigenvalue weighted by atomic mass is 35.5. The smallest absolute Gasteiger partial charge is 0.263 e. The first-order valence-corrected chi connectivity index (χ1v) is 6.64. The molecule has 1 aromatic carbocycles. The van der Waals surface area contributed by atoms with Crippen molar-refractivity contribution < 1.29 is 8.42 Å². The Balaban J connectivity index is 2.28. The summed E-state index contributed by atoms with van der Waals surface area (Å²) in [5.74, 6) is 0.262. The summed E-state index contributed by atoms with van der Waals surface area (Å²) < 4.78 is 26.2. The van der Waals surface area contributed by atoms with E-state index in [1.165, 1.54) is 24.3 Å². The Bertz CT molecular complexity index is 619. The molecule has 0 unspecified atom stereocenters. The molecule has 17 heavy (non-hydrogen) atoms. The summed E-state index contributed by atoms with van der Waals surface area (Å²) in [4.78, 5) is 0.141. The quantitative estimate of drug-likeness (QED) is 0.898. The lowest BCUT2D eigenvalue weighted by molar-refractivity contribution is 0.601. The van der Waals surface area contributed by atoms with E-state index in [-0.39, 0.29) is 10.7 Å². The molecule has 90 valence electrons. The first-order valence-electron chi connectivity index (χ1n) is 4.78. The van der Waals surface area contributed by atoms with Crippen LogP contribution in [0.25, 0.3) is 0 Å². The van der Waals surface area contributed by atoms with Crippen molar-refractivity contribution in [3.05, 3.63) is 41.0 Å². The summed E-state index contributed by atoms with van der Waals surface area (Å²) >= 11 is 5.69. The minimum atomic E-state index is -3.61. The molecule has 0 bridgehead atoms. The number of nitrogens with zero attached hydrogens (tertiary/aromatic N) is 1. The number of rotatable bonds is 3. The van der Waals surface area contributed by atoms with Gasteiger partial charge in [-0.25, -0.2) is 8.42 Å². The first-order chi connectivity index (χ1) is 7.97. The van der Waals surface area contributed by atoms with Crippen LogP contribution in [0.5, 0.6) is 0 Å². The van der Waals surface area contributed by atoms with Crippen molar-refractivity contribution in [2.24, 2.45) is 0 Å². The van der Waals surface area contributed by atoms with Gasteiger partial charge in [-0.2, -0.15) is 5.10 Å². The molecule has 0 amide bonds. The van der Waals surface area contributed by atoms with Gasteiger partial charge in [-0.1, -0.05) is 11.6 Å². The molecule has 0 atom stereocenters. The van der Waals surface area contributed by atoms with Crippen molar-refractivity contribution in [3.8, 4) is 0 Å². The molecule has 0 saturated heterocycles. The fraction of sp³-hybridized carbons (Fsp3) is 0.100. The van der Waals surface area contributed by atoms with Gasteiger partial charge in [0.25, 0.3) is 10.0 Å². The lowest BCUT2D eigenvalue weighted by Gasteiger charge is -2.04. The van der Waals surface area contributed by atoms with Crippen molar-refractivity contribution in [2.45, 2.75) is 11.8 Å². The third kappa shape index (κ3) is 2.78. The van der Waals surface area contributed by atoms with Gasteiger partial charge in [0.1, 0.15) is 0 Å². The Labute approximate surface area is 104 Å². The zero-order valence-electron chi connectivity index (χ0n) is 8.94. The van der Waals surface area contributed by atoms with Crippen LogP contribution >= 0.6 is 11.6 Å². The van der Waals surface area contributed by atoms with E-state index < -0.39 is 10.0 Å². The number of anilines is 1. The third-order valence-corrected chi connectivity index (χ3v) is 3.69. The van der Waals surface area contributed by atoms with Crippen LogP contribution < -0.4 is 4.72 Å². The highest BCUT2D eigenvalue weighted by molar-refractivity contribution is 7.92. The topological polar surface area (TPSA) is 74.8 Å². The van der Waals surface area contributed by atoms with Crippen LogP contribution in [-0.4, -0.2) is 18.6 Å². The van der Waals surface area contributed by atoms with Gasteiger partial charge in [0, 0.05) is 16.8 Å². The molecule has 2 N–H and O–H groups in total. The van der Waals surface area contributed by atoms with Gasteiger partial charge in [-0.15, -0.1) is 0 Å². The second-order valence-corrected chi connectivity index (χ2v) is 5.61. The number of H-pyrrole nitrogens is 1. The highest BCUT2D eigenvalue weighted by Gasteiger charge is 2.15. The van der Waals surface area contributed by atoms with Crippen molar-refractivity contribution in [1.29, 1.82) is 0 Å². The van der Waals surface area contributed by atoms with Crippen molar-refractivity contribution >= 4 is 27.4 Å². The predicted octanol–water partition coefficient (Wildman–Crippen LogP) is 2.17. The summed E-state index contributed by atoms with van der Waals surface area (Å²) in [5, 5.41) is 6.94. The van der Waals surface area contributed by atoms with Gasteiger partial charge < -0.3 is 0 Å². The van der Waals surface area contributed by atoms with Crippen LogP contribution in [0, 0.1) is 6.92 Å². The largest absolute Gasteiger partial charge is 0.281 e. The van der Waals surface area contributed by atoms with E-state index in [1.807, 2.05) is 0 Å². The van der Waals surface area contributed by atoms with Gasteiger partial charge >= 0.3 is 0 Å². The Morgan fingerprint density at radius 2 is 1.94 bits per heavy atom. The lowest BCUT2D eigenvalue weighted by Crippen LogP contribution is -2.13. The number of nitrogens with one attached hydrogen (secondary N) is 2. The van der Waals surface area contributed by atoms with E-state index in [0.717, 1.165) is 5.69 Å². The second kappa shape index (κ2) is 4.38. The Kier molecular flexibility index (Phi) is 3.08. The monoisotopic (exact) mass is 271 g/mol. The predicted molar refractivity (Wildman–Crippen MR) is 65.6 cm³/mol.